The Morgan fingerprint density at radius 3 is 2.03 bits per heavy atom. The molecule has 32 heavy (non-hydrogen) atoms. The van der Waals surface area contributed by atoms with Gasteiger partial charge in [0.05, 0.1) is 24.1 Å². The largest absolute Gasteiger partial charge is 0.494 e. The number of benzene rings is 3. The predicted octanol–water partition coefficient (Wildman–Crippen LogP) is 3.80. The lowest BCUT2D eigenvalue weighted by atomic mass is 10.2. The maximum atomic E-state index is 10.9. The summed E-state index contributed by atoms with van der Waals surface area (Å²) in [6, 6.07) is 27.2. The molecule has 1 radical (unpaired) electrons. The summed E-state index contributed by atoms with van der Waals surface area (Å²) in [5.74, 6) is 1.19. The van der Waals surface area contributed by atoms with Gasteiger partial charge in [-0.3, -0.25) is 4.57 Å². The molecule has 0 saturated carbocycles. The molecule has 3 aromatic carbocycles. The highest BCUT2D eigenvalue weighted by Gasteiger charge is 2.23. The molecular formula is C23H24N4O4P. The highest BCUT2D eigenvalue weighted by molar-refractivity contribution is 7.51. The summed E-state index contributed by atoms with van der Waals surface area (Å²) in [5, 5.41) is 8.55. The highest BCUT2D eigenvalue weighted by atomic mass is 31.2. The molecule has 0 atom stereocenters. The first-order valence-corrected chi connectivity index (χ1v) is 12.0. The maximum absolute atomic E-state index is 10.9. The number of anilines is 2. The van der Waals surface area contributed by atoms with E-state index in [0.717, 1.165) is 16.9 Å². The molecule has 1 aliphatic rings. The van der Waals surface area contributed by atoms with Crippen LogP contribution in [-0.2, 0) is 4.57 Å². The summed E-state index contributed by atoms with van der Waals surface area (Å²) in [4.78, 5) is 17.9. The second-order valence-corrected chi connectivity index (χ2v) is 9.03. The van der Waals surface area contributed by atoms with E-state index in [1.165, 1.54) is 0 Å². The van der Waals surface area contributed by atoms with E-state index < -0.39 is 7.60 Å². The smallest absolute Gasteiger partial charge is 0.325 e. The number of hydrogen-bond donors (Lipinski definition) is 2. The van der Waals surface area contributed by atoms with Crippen LogP contribution in [0.4, 0.5) is 11.4 Å². The molecule has 0 unspecified atom stereocenters. The third-order valence-corrected chi connectivity index (χ3v) is 5.68. The van der Waals surface area contributed by atoms with E-state index in [1.54, 1.807) is 12.1 Å². The highest BCUT2D eigenvalue weighted by Crippen LogP contribution is 2.34. The van der Waals surface area contributed by atoms with Crippen molar-refractivity contribution in [2.75, 3.05) is 29.5 Å². The molecule has 9 heteroatoms. The van der Waals surface area contributed by atoms with Crippen molar-refractivity contribution in [2.45, 2.75) is 6.42 Å². The Bertz CT molecular complexity index is 1090. The standard InChI is InChI=1S/C23H24N4O4P/c28-32(29,30)17-7-16-31-22-14-12-19(13-15-22)23-24-26(20-8-3-1-4-9-20)18-27(25-23)21-10-5-2-6-11-21/h1-6,8-15H,7,16-18H2,(H2,28,29,30). The van der Waals surface area contributed by atoms with E-state index in [9.17, 15) is 4.57 Å². The van der Waals surface area contributed by atoms with Crippen molar-refractivity contribution in [3.63, 3.8) is 0 Å². The molecule has 1 aliphatic heterocycles. The summed E-state index contributed by atoms with van der Waals surface area (Å²) in [7, 11) is -3.99. The van der Waals surface area contributed by atoms with Gasteiger partial charge in [0.2, 0.25) is 0 Å². The van der Waals surface area contributed by atoms with Crippen LogP contribution in [-0.4, -0.2) is 35.1 Å². The molecule has 3 aromatic rings. The third-order valence-electron chi connectivity index (χ3n) is 4.78. The third kappa shape index (κ3) is 5.88. The van der Waals surface area contributed by atoms with Crippen molar-refractivity contribution in [1.29, 1.82) is 0 Å². The second kappa shape index (κ2) is 9.87. The SMILES string of the molecule is O=P(O)(O)CCCOc1ccc(C2=NN(c3ccccc3)CN(c3ccccc3)[N]2)cc1. The fraction of sp³-hybridized carbons (Fsp3) is 0.174. The van der Waals surface area contributed by atoms with Crippen molar-refractivity contribution < 1.29 is 19.1 Å². The first kappa shape index (κ1) is 21.9. The first-order chi connectivity index (χ1) is 15.5. The zero-order valence-corrected chi connectivity index (χ0v) is 18.3. The molecule has 4 rings (SSSR count). The van der Waals surface area contributed by atoms with Crippen molar-refractivity contribution >= 4 is 24.8 Å². The van der Waals surface area contributed by atoms with E-state index in [2.05, 4.69) is 0 Å². The van der Waals surface area contributed by atoms with Gasteiger partial charge in [-0.2, -0.15) is 0 Å². The number of hydrazone groups is 1. The lowest BCUT2D eigenvalue weighted by Crippen LogP contribution is -2.48. The Morgan fingerprint density at radius 2 is 1.44 bits per heavy atom. The molecule has 0 bridgehead atoms. The molecule has 0 aromatic heterocycles. The normalized spacial score (nSPS) is 14.0. The van der Waals surface area contributed by atoms with Crippen LogP contribution >= 0.6 is 7.60 Å². The van der Waals surface area contributed by atoms with Crippen LogP contribution in [0.3, 0.4) is 0 Å². The van der Waals surface area contributed by atoms with Crippen molar-refractivity contribution in [3.05, 3.63) is 90.5 Å². The predicted molar refractivity (Wildman–Crippen MR) is 125 cm³/mol. The minimum atomic E-state index is -3.99. The van der Waals surface area contributed by atoms with Crippen molar-refractivity contribution in [3.8, 4) is 5.75 Å². The fourth-order valence-corrected chi connectivity index (χ4v) is 3.74. The van der Waals surface area contributed by atoms with Gasteiger partial charge < -0.3 is 14.5 Å². The summed E-state index contributed by atoms with van der Waals surface area (Å²) in [6.45, 7) is 0.720. The summed E-state index contributed by atoms with van der Waals surface area (Å²) in [6.07, 6.45) is 0.0948. The van der Waals surface area contributed by atoms with Crippen molar-refractivity contribution in [1.82, 2.24) is 5.43 Å². The van der Waals surface area contributed by atoms with Gasteiger partial charge in [0.15, 0.2) is 5.84 Å². The molecule has 0 spiro atoms. The molecular weight excluding hydrogens is 427 g/mol. The first-order valence-electron chi connectivity index (χ1n) is 10.2. The van der Waals surface area contributed by atoms with Gasteiger partial charge in [-0.05, 0) is 55.0 Å². The van der Waals surface area contributed by atoms with Crippen LogP contribution in [0.1, 0.15) is 12.0 Å². The van der Waals surface area contributed by atoms with E-state index >= 15 is 0 Å². The van der Waals surface area contributed by atoms with Crippen molar-refractivity contribution in [2.24, 2.45) is 5.10 Å². The molecule has 165 valence electrons. The van der Waals surface area contributed by atoms with Crippen LogP contribution in [0.15, 0.2) is 90.0 Å². The van der Waals surface area contributed by atoms with Crippen LogP contribution < -0.4 is 20.2 Å². The summed E-state index contributed by atoms with van der Waals surface area (Å²) < 4.78 is 16.5. The van der Waals surface area contributed by atoms with Gasteiger partial charge in [0.1, 0.15) is 12.4 Å². The fourth-order valence-electron chi connectivity index (χ4n) is 3.19. The monoisotopic (exact) mass is 451 g/mol. The average Bonchev–Trinajstić information content (AvgIpc) is 2.82. The van der Waals surface area contributed by atoms with E-state index in [4.69, 9.17) is 25.1 Å². The molecule has 1 heterocycles. The van der Waals surface area contributed by atoms with Gasteiger partial charge in [0.25, 0.3) is 0 Å². The quantitative estimate of drug-likeness (QED) is 0.399. The number of nitrogens with zero attached hydrogens (tertiary/aromatic N) is 4. The molecule has 0 saturated heterocycles. The van der Waals surface area contributed by atoms with Gasteiger partial charge in [-0.1, -0.05) is 36.4 Å². The molecule has 0 aliphatic carbocycles. The lowest BCUT2D eigenvalue weighted by Gasteiger charge is -2.34. The van der Waals surface area contributed by atoms with Gasteiger partial charge in [0, 0.05) is 5.56 Å². The van der Waals surface area contributed by atoms with Crippen LogP contribution in [0.25, 0.3) is 0 Å². The minimum Gasteiger partial charge on any atom is -0.494 e. The molecule has 0 fully saturated rings. The number of rotatable bonds is 8. The molecule has 2 N–H and O–H groups in total. The topological polar surface area (TPSA) is 99.7 Å². The Kier molecular flexibility index (Phi) is 6.75. The van der Waals surface area contributed by atoms with E-state index in [1.807, 2.05) is 82.8 Å². The Morgan fingerprint density at radius 1 is 0.844 bits per heavy atom. The zero-order valence-electron chi connectivity index (χ0n) is 17.4. The number of ether oxygens (including phenoxy) is 1. The van der Waals surface area contributed by atoms with E-state index in [0.29, 0.717) is 18.3 Å². The van der Waals surface area contributed by atoms with E-state index in [-0.39, 0.29) is 19.2 Å². The Balaban J connectivity index is 1.51. The Labute approximate surface area is 186 Å². The second-order valence-electron chi connectivity index (χ2n) is 7.25. The summed E-state index contributed by atoms with van der Waals surface area (Å²) in [5.41, 5.74) is 7.50. The lowest BCUT2D eigenvalue weighted by molar-refractivity contribution is 0.309. The minimum absolute atomic E-state index is 0.189. The van der Waals surface area contributed by atoms with Crippen LogP contribution in [0, 0.1) is 0 Å². The number of amidine groups is 1. The Hall–Kier alpha value is -3.32. The van der Waals surface area contributed by atoms with Gasteiger partial charge >= 0.3 is 7.60 Å². The molecule has 0 amide bonds. The number of para-hydroxylation sites is 2. The van der Waals surface area contributed by atoms with Crippen LogP contribution in [0.5, 0.6) is 5.75 Å². The summed E-state index contributed by atoms with van der Waals surface area (Å²) >= 11 is 0. The van der Waals surface area contributed by atoms with Crippen LogP contribution in [0.2, 0.25) is 0 Å². The zero-order chi connectivity index (χ0) is 22.4. The van der Waals surface area contributed by atoms with Gasteiger partial charge in [-0.15, -0.1) is 10.5 Å². The molecule has 8 nitrogen and oxygen atoms in total. The average molecular weight is 451 g/mol. The maximum Gasteiger partial charge on any atom is 0.325 e. The number of hydrogen-bond acceptors (Lipinski definition) is 5. The van der Waals surface area contributed by atoms with Gasteiger partial charge in [-0.25, -0.2) is 10.0 Å².